The second-order valence-corrected chi connectivity index (χ2v) is 8.33. The lowest BCUT2D eigenvalue weighted by Gasteiger charge is -2.15. The van der Waals surface area contributed by atoms with E-state index >= 15 is 0 Å². The Kier molecular flexibility index (Phi) is 9.23. The summed E-state index contributed by atoms with van der Waals surface area (Å²) in [5, 5.41) is 12.4. The average molecular weight is 481 g/mol. The van der Waals surface area contributed by atoms with Crippen LogP contribution in [0, 0.1) is 0 Å². The topological polar surface area (TPSA) is 116 Å². The highest BCUT2D eigenvalue weighted by molar-refractivity contribution is 5.98. The Morgan fingerprint density at radius 2 is 1.17 bits per heavy atom. The molecule has 3 rings (SSSR count). The molecule has 9 nitrogen and oxygen atoms in total. The van der Waals surface area contributed by atoms with Gasteiger partial charge in [0.05, 0.1) is 0 Å². The summed E-state index contributed by atoms with van der Waals surface area (Å²) in [5.41, 5.74) is 2.07. The van der Waals surface area contributed by atoms with E-state index in [9.17, 15) is 9.59 Å². The number of nitrogens with zero attached hydrogens (tertiary/aromatic N) is 2. The predicted molar refractivity (Wildman–Crippen MR) is 133 cm³/mol. The lowest BCUT2D eigenvalue weighted by Crippen LogP contribution is -2.24. The van der Waals surface area contributed by atoms with E-state index in [0.29, 0.717) is 23.3 Å². The molecule has 35 heavy (non-hydrogen) atoms. The number of benzene rings is 2. The molecule has 186 valence electrons. The highest BCUT2D eigenvalue weighted by Crippen LogP contribution is 2.29. The second-order valence-electron chi connectivity index (χ2n) is 8.33. The van der Waals surface area contributed by atoms with E-state index in [0.717, 1.165) is 24.0 Å². The quantitative estimate of drug-likeness (QED) is 0.369. The van der Waals surface area contributed by atoms with E-state index in [1.54, 1.807) is 0 Å². The van der Waals surface area contributed by atoms with Gasteiger partial charge in [-0.05, 0) is 58.3 Å². The first-order chi connectivity index (χ1) is 16.9. The fraction of sp³-hybridized carbons (Fsp3) is 0.385. The molecule has 1 aromatic heterocycles. The normalized spacial score (nSPS) is 12.5. The van der Waals surface area contributed by atoms with Crippen molar-refractivity contribution in [1.82, 2.24) is 10.3 Å². The first-order valence-electron chi connectivity index (χ1n) is 11.8. The molecule has 0 radical (unpaired) electrons. The number of rotatable bonds is 12. The number of para-hydroxylation sites is 2. The van der Waals surface area contributed by atoms with Crippen molar-refractivity contribution in [2.45, 2.75) is 52.4 Å². The zero-order valence-corrected chi connectivity index (χ0v) is 20.5. The molecular formula is C26H32N4O5. The van der Waals surface area contributed by atoms with E-state index in [1.165, 1.54) is 0 Å². The van der Waals surface area contributed by atoms with E-state index in [1.807, 2.05) is 48.5 Å². The van der Waals surface area contributed by atoms with Gasteiger partial charge in [-0.25, -0.2) is 4.63 Å². The predicted octanol–water partition coefficient (Wildman–Crippen LogP) is 5.13. The fourth-order valence-electron chi connectivity index (χ4n) is 3.45. The highest BCUT2D eigenvalue weighted by atomic mass is 16.6. The Balaban J connectivity index is 1.54. The van der Waals surface area contributed by atoms with Crippen LogP contribution in [0.1, 0.15) is 63.5 Å². The maximum absolute atomic E-state index is 12.4. The standard InChI is InChI=1S/C26H32N4O5/c1-5-17(3)19-11-7-9-13-21(19)33-15-23(31)27-25-26(30-35-29-25)28-24(32)16-34-22-14-10-8-12-20(22)18(4)6-2/h7-14,17-18H,5-6,15-16H2,1-4H3,(H,27,29,31)(H,28,30,32)/t17-,18+. The Bertz CT molecular complexity index is 1040. The summed E-state index contributed by atoms with van der Waals surface area (Å²) in [4.78, 5) is 24.9. The molecule has 0 fully saturated rings. The van der Waals surface area contributed by atoms with Crippen LogP contribution in [0.2, 0.25) is 0 Å². The fourth-order valence-corrected chi connectivity index (χ4v) is 3.45. The minimum Gasteiger partial charge on any atom is -0.483 e. The summed E-state index contributed by atoms with van der Waals surface area (Å²) in [6.45, 7) is 7.93. The molecule has 0 aliphatic carbocycles. The minimum absolute atomic E-state index is 0.0119. The van der Waals surface area contributed by atoms with Gasteiger partial charge in [0.1, 0.15) is 11.5 Å². The molecule has 0 saturated carbocycles. The Labute approximate surface area is 205 Å². The summed E-state index contributed by atoms with van der Waals surface area (Å²) >= 11 is 0. The Hall–Kier alpha value is -3.88. The number of anilines is 2. The molecule has 0 saturated heterocycles. The van der Waals surface area contributed by atoms with Gasteiger partial charge in [-0.1, -0.05) is 64.1 Å². The summed E-state index contributed by atoms with van der Waals surface area (Å²) in [5.74, 6) is 0.953. The third-order valence-electron chi connectivity index (χ3n) is 5.85. The lowest BCUT2D eigenvalue weighted by molar-refractivity contribution is -0.119. The summed E-state index contributed by atoms with van der Waals surface area (Å²) in [6.07, 6.45) is 1.90. The molecule has 0 unspecified atom stereocenters. The van der Waals surface area contributed by atoms with Gasteiger partial charge in [-0.3, -0.25) is 9.59 Å². The van der Waals surface area contributed by atoms with Crippen LogP contribution < -0.4 is 20.1 Å². The molecule has 2 atom stereocenters. The molecule has 0 bridgehead atoms. The number of ether oxygens (including phenoxy) is 2. The van der Waals surface area contributed by atoms with Crippen molar-refractivity contribution in [1.29, 1.82) is 0 Å². The van der Waals surface area contributed by atoms with E-state index < -0.39 is 11.8 Å². The number of carbonyl (C=O) groups excluding carboxylic acids is 2. The molecule has 0 aliphatic heterocycles. The van der Waals surface area contributed by atoms with Crippen LogP contribution in [0.25, 0.3) is 0 Å². The number of nitrogens with one attached hydrogen (secondary N) is 2. The summed E-state index contributed by atoms with van der Waals surface area (Å²) < 4.78 is 16.1. The van der Waals surface area contributed by atoms with Crippen molar-refractivity contribution < 1.29 is 23.7 Å². The number of aromatic nitrogens is 2. The highest BCUT2D eigenvalue weighted by Gasteiger charge is 2.18. The van der Waals surface area contributed by atoms with E-state index in [2.05, 4.69) is 48.6 Å². The molecule has 0 spiro atoms. The Morgan fingerprint density at radius 1 is 0.771 bits per heavy atom. The zero-order chi connectivity index (χ0) is 25.2. The van der Waals surface area contributed by atoms with Crippen molar-refractivity contribution in [2.24, 2.45) is 0 Å². The average Bonchev–Trinajstić information content (AvgIpc) is 3.31. The van der Waals surface area contributed by atoms with Gasteiger partial charge < -0.3 is 20.1 Å². The van der Waals surface area contributed by atoms with E-state index in [4.69, 9.17) is 14.1 Å². The van der Waals surface area contributed by atoms with Crippen LogP contribution in [-0.4, -0.2) is 35.3 Å². The van der Waals surface area contributed by atoms with Crippen LogP contribution in [0.4, 0.5) is 11.6 Å². The van der Waals surface area contributed by atoms with Crippen molar-refractivity contribution in [2.75, 3.05) is 23.8 Å². The van der Waals surface area contributed by atoms with Crippen LogP contribution >= 0.6 is 0 Å². The SMILES string of the molecule is CC[C@@H](C)c1ccccc1OCC(=O)Nc1nonc1NC(=O)COc1ccccc1[C@@H](C)CC. The second kappa shape index (κ2) is 12.5. The van der Waals surface area contributed by atoms with Crippen molar-refractivity contribution in [3.05, 3.63) is 59.7 Å². The largest absolute Gasteiger partial charge is 0.483 e. The van der Waals surface area contributed by atoms with Gasteiger partial charge in [-0.2, -0.15) is 0 Å². The monoisotopic (exact) mass is 480 g/mol. The van der Waals surface area contributed by atoms with Crippen LogP contribution in [0.3, 0.4) is 0 Å². The van der Waals surface area contributed by atoms with Crippen molar-refractivity contribution in [3.63, 3.8) is 0 Å². The van der Waals surface area contributed by atoms with Gasteiger partial charge >= 0.3 is 0 Å². The molecule has 9 heteroatoms. The molecule has 2 N–H and O–H groups in total. The van der Waals surface area contributed by atoms with Gasteiger partial charge in [0.25, 0.3) is 11.8 Å². The first-order valence-corrected chi connectivity index (χ1v) is 11.8. The maximum Gasteiger partial charge on any atom is 0.263 e. The van der Waals surface area contributed by atoms with Crippen molar-refractivity contribution >= 4 is 23.5 Å². The molecule has 2 amide bonds. The number of hydrogen-bond acceptors (Lipinski definition) is 7. The van der Waals surface area contributed by atoms with E-state index in [-0.39, 0.29) is 24.8 Å². The number of carbonyl (C=O) groups is 2. The number of hydrogen-bond donors (Lipinski definition) is 2. The molecule has 0 aliphatic rings. The Morgan fingerprint density at radius 3 is 1.57 bits per heavy atom. The maximum atomic E-state index is 12.4. The van der Waals surface area contributed by atoms with Gasteiger partial charge in [-0.15, -0.1) is 0 Å². The smallest absolute Gasteiger partial charge is 0.263 e. The van der Waals surface area contributed by atoms with Gasteiger partial charge in [0.2, 0.25) is 11.6 Å². The zero-order valence-electron chi connectivity index (χ0n) is 20.5. The third kappa shape index (κ3) is 7.05. The van der Waals surface area contributed by atoms with Crippen molar-refractivity contribution in [3.8, 4) is 11.5 Å². The van der Waals surface area contributed by atoms with Crippen LogP contribution in [0.5, 0.6) is 11.5 Å². The molecular weight excluding hydrogens is 448 g/mol. The number of amides is 2. The van der Waals surface area contributed by atoms with Crippen LogP contribution in [-0.2, 0) is 9.59 Å². The summed E-state index contributed by atoms with van der Waals surface area (Å²) in [6, 6.07) is 15.2. The van der Waals surface area contributed by atoms with Gasteiger partial charge in [0, 0.05) is 0 Å². The van der Waals surface area contributed by atoms with Crippen LogP contribution in [0.15, 0.2) is 53.2 Å². The molecule has 3 aromatic rings. The third-order valence-corrected chi connectivity index (χ3v) is 5.85. The van der Waals surface area contributed by atoms with Gasteiger partial charge in [0.15, 0.2) is 13.2 Å². The first kappa shape index (κ1) is 25.7. The molecule has 1 heterocycles. The minimum atomic E-state index is -0.464. The lowest BCUT2D eigenvalue weighted by atomic mass is 9.98. The summed E-state index contributed by atoms with van der Waals surface area (Å²) in [7, 11) is 0. The molecule has 2 aromatic carbocycles.